The first kappa shape index (κ1) is 18.2. The molecule has 3 aromatic rings. The smallest absolute Gasteiger partial charge is 0.344 e. The zero-order valence-corrected chi connectivity index (χ0v) is 14.5. The van der Waals surface area contributed by atoms with E-state index in [0.717, 1.165) is 0 Å². The van der Waals surface area contributed by atoms with Gasteiger partial charge in [-0.05, 0) is 19.9 Å². The Hall–Kier alpha value is -3.55. The predicted octanol–water partition coefficient (Wildman–Crippen LogP) is 2.65. The van der Waals surface area contributed by atoms with Crippen LogP contribution in [-0.4, -0.2) is 34.4 Å². The van der Waals surface area contributed by atoms with Crippen molar-refractivity contribution in [3.8, 4) is 11.5 Å². The number of carbonyl (C=O) groups is 2. The van der Waals surface area contributed by atoms with E-state index in [1.807, 2.05) is 0 Å². The molecule has 8 nitrogen and oxygen atoms in total. The van der Waals surface area contributed by atoms with Crippen LogP contribution in [0.1, 0.15) is 13.8 Å². The summed E-state index contributed by atoms with van der Waals surface area (Å²) in [6, 6.07) is 9.43. The first-order chi connectivity index (χ1) is 12.8. The zero-order valence-electron chi connectivity index (χ0n) is 14.5. The Bertz CT molecular complexity index is 1100. The van der Waals surface area contributed by atoms with Crippen molar-refractivity contribution in [2.45, 2.75) is 26.1 Å². The SMILES string of the molecule is C[C@H](Oc1cc(O[C@H](C)C(=O)O)cc2oc(=O)c3ccccc3c12)C(=O)O. The molecule has 27 heavy (non-hydrogen) atoms. The normalized spacial score (nSPS) is 13.3. The summed E-state index contributed by atoms with van der Waals surface area (Å²) in [6.07, 6.45) is -2.36. The average molecular weight is 372 g/mol. The summed E-state index contributed by atoms with van der Waals surface area (Å²) in [7, 11) is 0. The number of hydrogen-bond donors (Lipinski definition) is 2. The van der Waals surface area contributed by atoms with Gasteiger partial charge in [-0.25, -0.2) is 14.4 Å². The summed E-state index contributed by atoms with van der Waals surface area (Å²) in [5.74, 6) is -2.19. The number of benzene rings is 2. The van der Waals surface area contributed by atoms with Gasteiger partial charge in [-0.15, -0.1) is 0 Å². The molecule has 0 saturated carbocycles. The second kappa shape index (κ2) is 6.99. The Labute approximate surface area is 152 Å². The molecule has 140 valence electrons. The lowest BCUT2D eigenvalue weighted by atomic mass is 10.1. The van der Waals surface area contributed by atoms with Gasteiger partial charge in [0.2, 0.25) is 0 Å². The lowest BCUT2D eigenvalue weighted by Gasteiger charge is -2.16. The molecule has 0 aliphatic rings. The number of carboxylic acid groups (broad SMARTS) is 2. The van der Waals surface area contributed by atoms with E-state index >= 15 is 0 Å². The van der Waals surface area contributed by atoms with Gasteiger partial charge in [0.15, 0.2) is 12.2 Å². The Balaban J connectivity index is 2.28. The van der Waals surface area contributed by atoms with E-state index in [4.69, 9.17) is 24.1 Å². The van der Waals surface area contributed by atoms with Crippen LogP contribution in [-0.2, 0) is 9.59 Å². The van der Waals surface area contributed by atoms with Crippen molar-refractivity contribution >= 4 is 33.7 Å². The molecule has 0 aliphatic heterocycles. The van der Waals surface area contributed by atoms with E-state index in [-0.39, 0.29) is 17.1 Å². The van der Waals surface area contributed by atoms with Crippen LogP contribution in [0, 0.1) is 0 Å². The highest BCUT2D eigenvalue weighted by Gasteiger charge is 2.21. The summed E-state index contributed by atoms with van der Waals surface area (Å²) in [5.41, 5.74) is -0.486. The number of fused-ring (bicyclic) bond motifs is 3. The number of carboxylic acids is 2. The third-order valence-corrected chi connectivity index (χ3v) is 3.97. The molecule has 0 fully saturated rings. The van der Waals surface area contributed by atoms with Crippen molar-refractivity contribution in [2.75, 3.05) is 0 Å². The van der Waals surface area contributed by atoms with Crippen molar-refractivity contribution in [1.82, 2.24) is 0 Å². The fraction of sp³-hybridized carbons (Fsp3) is 0.211. The van der Waals surface area contributed by atoms with E-state index in [1.54, 1.807) is 24.3 Å². The van der Waals surface area contributed by atoms with E-state index in [0.29, 0.717) is 16.2 Å². The zero-order chi connectivity index (χ0) is 19.7. The second-order valence-electron chi connectivity index (χ2n) is 5.93. The van der Waals surface area contributed by atoms with Crippen LogP contribution in [0.15, 0.2) is 45.6 Å². The number of hydrogen-bond acceptors (Lipinski definition) is 6. The Morgan fingerprint density at radius 2 is 1.56 bits per heavy atom. The van der Waals surface area contributed by atoms with Crippen LogP contribution in [0.2, 0.25) is 0 Å². The van der Waals surface area contributed by atoms with Crippen molar-refractivity contribution in [2.24, 2.45) is 0 Å². The van der Waals surface area contributed by atoms with Gasteiger partial charge in [0, 0.05) is 17.5 Å². The largest absolute Gasteiger partial charge is 0.479 e. The van der Waals surface area contributed by atoms with Crippen molar-refractivity contribution in [1.29, 1.82) is 0 Å². The lowest BCUT2D eigenvalue weighted by Crippen LogP contribution is -2.24. The Kier molecular flexibility index (Phi) is 4.72. The minimum Gasteiger partial charge on any atom is -0.479 e. The van der Waals surface area contributed by atoms with Gasteiger partial charge < -0.3 is 24.1 Å². The molecule has 0 amide bonds. The minimum absolute atomic E-state index is 0.0726. The summed E-state index contributed by atoms with van der Waals surface area (Å²) in [6.45, 7) is 2.69. The van der Waals surface area contributed by atoms with Crippen molar-refractivity contribution in [3.63, 3.8) is 0 Å². The molecule has 2 atom stereocenters. The molecule has 0 bridgehead atoms. The maximum Gasteiger partial charge on any atom is 0.344 e. The first-order valence-electron chi connectivity index (χ1n) is 8.06. The molecule has 0 spiro atoms. The standard InChI is InChI=1S/C19H16O8/c1-9(17(20)21)25-11-7-14(26-10(2)18(22)23)16-12-5-3-4-6-13(12)19(24)27-15(16)8-11/h3-10H,1-2H3,(H,20,21)(H,22,23)/t9-,10+/m1/s1. The Morgan fingerprint density at radius 3 is 2.19 bits per heavy atom. The first-order valence-corrected chi connectivity index (χ1v) is 8.06. The highest BCUT2D eigenvalue weighted by Crippen LogP contribution is 2.36. The highest BCUT2D eigenvalue weighted by molar-refractivity contribution is 6.08. The summed E-state index contributed by atoms with van der Waals surface area (Å²) in [4.78, 5) is 34.5. The van der Waals surface area contributed by atoms with Gasteiger partial charge in [-0.2, -0.15) is 0 Å². The molecule has 3 rings (SSSR count). The average Bonchev–Trinajstić information content (AvgIpc) is 2.61. The van der Waals surface area contributed by atoms with Crippen LogP contribution < -0.4 is 15.1 Å². The van der Waals surface area contributed by atoms with Crippen molar-refractivity contribution < 1.29 is 33.7 Å². The number of ether oxygens (including phenoxy) is 2. The van der Waals surface area contributed by atoms with E-state index in [9.17, 15) is 14.4 Å². The molecule has 0 aliphatic carbocycles. The van der Waals surface area contributed by atoms with Gasteiger partial charge in [0.1, 0.15) is 17.1 Å². The molecule has 8 heteroatoms. The highest BCUT2D eigenvalue weighted by atomic mass is 16.5. The van der Waals surface area contributed by atoms with Crippen LogP contribution in [0.3, 0.4) is 0 Å². The van der Waals surface area contributed by atoms with E-state index in [1.165, 1.54) is 26.0 Å². The quantitative estimate of drug-likeness (QED) is 0.500. The number of rotatable bonds is 6. The third-order valence-electron chi connectivity index (χ3n) is 3.97. The van der Waals surface area contributed by atoms with Crippen LogP contribution in [0.25, 0.3) is 21.7 Å². The molecule has 0 saturated heterocycles. The van der Waals surface area contributed by atoms with Crippen molar-refractivity contribution in [3.05, 3.63) is 46.8 Å². The number of aliphatic carboxylic acids is 2. The maximum atomic E-state index is 12.2. The molecule has 0 unspecified atom stereocenters. The summed E-state index contributed by atoms with van der Waals surface area (Å²) in [5, 5.41) is 19.4. The molecule has 2 aromatic carbocycles. The van der Waals surface area contributed by atoms with Crippen LogP contribution in [0.4, 0.5) is 0 Å². The molecular weight excluding hydrogens is 356 g/mol. The molecule has 1 heterocycles. The van der Waals surface area contributed by atoms with E-state index < -0.39 is 29.8 Å². The maximum absolute atomic E-state index is 12.2. The van der Waals surface area contributed by atoms with Gasteiger partial charge in [-0.1, -0.05) is 18.2 Å². The second-order valence-corrected chi connectivity index (χ2v) is 5.93. The predicted molar refractivity (Wildman–Crippen MR) is 95.4 cm³/mol. The third kappa shape index (κ3) is 3.55. The Morgan fingerprint density at radius 1 is 0.963 bits per heavy atom. The van der Waals surface area contributed by atoms with Gasteiger partial charge in [-0.3, -0.25) is 0 Å². The molecule has 1 aromatic heterocycles. The summed E-state index contributed by atoms with van der Waals surface area (Å²) < 4.78 is 16.2. The van der Waals surface area contributed by atoms with Gasteiger partial charge >= 0.3 is 17.6 Å². The topological polar surface area (TPSA) is 123 Å². The van der Waals surface area contributed by atoms with Crippen LogP contribution >= 0.6 is 0 Å². The fourth-order valence-corrected chi connectivity index (χ4v) is 2.60. The molecule has 0 radical (unpaired) electrons. The molecule has 2 N–H and O–H groups in total. The lowest BCUT2D eigenvalue weighted by molar-refractivity contribution is -0.144. The summed E-state index contributed by atoms with van der Waals surface area (Å²) >= 11 is 0. The van der Waals surface area contributed by atoms with Crippen LogP contribution in [0.5, 0.6) is 11.5 Å². The van der Waals surface area contributed by atoms with Gasteiger partial charge in [0.25, 0.3) is 0 Å². The minimum atomic E-state index is -1.19. The van der Waals surface area contributed by atoms with E-state index in [2.05, 4.69) is 0 Å². The monoisotopic (exact) mass is 372 g/mol. The van der Waals surface area contributed by atoms with Gasteiger partial charge in [0.05, 0.1) is 10.8 Å². The fourth-order valence-electron chi connectivity index (χ4n) is 2.60. The molecular formula is C19H16O8.